The Bertz CT molecular complexity index is 193. The largest absolute Gasteiger partial charge is 0.346 e. The second-order valence-corrected chi connectivity index (χ2v) is 2.68. The summed E-state index contributed by atoms with van der Waals surface area (Å²) in [6.07, 6.45) is 2.63. The van der Waals surface area contributed by atoms with E-state index in [-0.39, 0.29) is 0 Å². The van der Waals surface area contributed by atoms with Gasteiger partial charge in [0.05, 0.1) is 0 Å². The maximum absolute atomic E-state index is 12.9. The second kappa shape index (κ2) is 2.45. The lowest BCUT2D eigenvalue weighted by Gasteiger charge is -2.25. The fraction of sp³-hybridized carbons (Fsp3) is 0.500. The number of halogens is 1. The first-order valence-corrected chi connectivity index (χ1v) is 3.35. The molecular formula is C8H12FN. The third-order valence-corrected chi connectivity index (χ3v) is 1.76. The van der Waals surface area contributed by atoms with Crippen molar-refractivity contribution in [1.82, 2.24) is 4.90 Å². The van der Waals surface area contributed by atoms with Crippen LogP contribution in [0.25, 0.3) is 0 Å². The van der Waals surface area contributed by atoms with Gasteiger partial charge in [-0.2, -0.15) is 0 Å². The standard InChI is InChI=1S/C8H12FN/c1-6-4-7(2)10(3)8(9)5-6/h4-5,8H,1-3H3. The Hall–Kier alpha value is -0.790. The molecule has 0 aliphatic carbocycles. The SMILES string of the molecule is CC1=CC(F)N(C)C(C)=C1. The van der Waals surface area contributed by atoms with Crippen molar-refractivity contribution in [2.75, 3.05) is 7.05 Å². The van der Waals surface area contributed by atoms with E-state index in [0.29, 0.717) is 0 Å². The highest BCUT2D eigenvalue weighted by Crippen LogP contribution is 2.17. The maximum atomic E-state index is 12.9. The van der Waals surface area contributed by atoms with Gasteiger partial charge in [-0.15, -0.1) is 0 Å². The Labute approximate surface area is 60.8 Å². The molecule has 0 amide bonds. The molecule has 1 unspecified atom stereocenters. The van der Waals surface area contributed by atoms with Crippen molar-refractivity contribution in [1.29, 1.82) is 0 Å². The highest BCUT2D eigenvalue weighted by molar-refractivity contribution is 5.25. The van der Waals surface area contributed by atoms with E-state index in [4.69, 9.17) is 0 Å². The lowest BCUT2D eigenvalue weighted by Crippen LogP contribution is -2.26. The van der Waals surface area contributed by atoms with Crippen molar-refractivity contribution in [2.45, 2.75) is 20.1 Å². The summed E-state index contributed by atoms with van der Waals surface area (Å²) < 4.78 is 12.9. The molecular weight excluding hydrogens is 129 g/mol. The van der Waals surface area contributed by atoms with E-state index >= 15 is 0 Å². The van der Waals surface area contributed by atoms with Gasteiger partial charge in [0.2, 0.25) is 0 Å². The molecule has 1 aliphatic rings. The van der Waals surface area contributed by atoms with Crippen LogP contribution in [0.1, 0.15) is 13.8 Å². The Balaban J connectivity index is 2.85. The number of alkyl halides is 1. The minimum Gasteiger partial charge on any atom is -0.346 e. The summed E-state index contributed by atoms with van der Waals surface area (Å²) in [4.78, 5) is 1.60. The smallest absolute Gasteiger partial charge is 0.191 e. The molecule has 0 fully saturated rings. The van der Waals surface area contributed by atoms with Crippen molar-refractivity contribution >= 4 is 0 Å². The highest BCUT2D eigenvalue weighted by Gasteiger charge is 2.13. The lowest BCUT2D eigenvalue weighted by atomic mass is 10.1. The first-order valence-electron chi connectivity index (χ1n) is 3.35. The van der Waals surface area contributed by atoms with Crippen molar-refractivity contribution in [3.05, 3.63) is 23.4 Å². The first kappa shape index (κ1) is 7.32. The molecule has 0 aromatic heterocycles. The fourth-order valence-corrected chi connectivity index (χ4v) is 1.00. The number of likely N-dealkylation sites (N-methyl/N-ethyl adjacent to an activating group) is 1. The Morgan fingerprint density at radius 3 is 2.60 bits per heavy atom. The van der Waals surface area contributed by atoms with Gasteiger partial charge in [-0.1, -0.05) is 0 Å². The summed E-state index contributed by atoms with van der Waals surface area (Å²) in [5.74, 6) is 0. The predicted molar refractivity (Wildman–Crippen MR) is 40.2 cm³/mol. The Morgan fingerprint density at radius 1 is 1.50 bits per heavy atom. The number of allylic oxidation sites excluding steroid dienone is 3. The van der Waals surface area contributed by atoms with Gasteiger partial charge >= 0.3 is 0 Å². The number of hydrogen-bond acceptors (Lipinski definition) is 1. The van der Waals surface area contributed by atoms with E-state index in [1.54, 1.807) is 18.0 Å². The number of hydrogen-bond donors (Lipinski definition) is 0. The third kappa shape index (κ3) is 1.20. The molecule has 2 heteroatoms. The highest BCUT2D eigenvalue weighted by atomic mass is 19.1. The van der Waals surface area contributed by atoms with Gasteiger partial charge in [0, 0.05) is 12.7 Å². The molecule has 0 bridgehead atoms. The summed E-state index contributed by atoms with van der Waals surface area (Å²) in [6.45, 7) is 3.81. The zero-order chi connectivity index (χ0) is 7.72. The monoisotopic (exact) mass is 141 g/mol. The summed E-state index contributed by atoms with van der Waals surface area (Å²) in [5.41, 5.74) is 1.98. The third-order valence-electron chi connectivity index (χ3n) is 1.76. The zero-order valence-electron chi connectivity index (χ0n) is 6.56. The van der Waals surface area contributed by atoms with E-state index in [1.807, 2.05) is 19.9 Å². The molecule has 1 nitrogen and oxygen atoms in total. The van der Waals surface area contributed by atoms with Crippen molar-refractivity contribution < 1.29 is 4.39 Å². The fourth-order valence-electron chi connectivity index (χ4n) is 1.00. The van der Waals surface area contributed by atoms with Gasteiger partial charge in [0.25, 0.3) is 0 Å². The maximum Gasteiger partial charge on any atom is 0.191 e. The number of rotatable bonds is 0. The van der Waals surface area contributed by atoms with Crippen LogP contribution in [0.15, 0.2) is 23.4 Å². The molecule has 0 radical (unpaired) electrons. The van der Waals surface area contributed by atoms with Gasteiger partial charge in [-0.25, -0.2) is 4.39 Å². The summed E-state index contributed by atoms with van der Waals surface area (Å²) >= 11 is 0. The minimum atomic E-state index is -0.940. The van der Waals surface area contributed by atoms with E-state index in [1.165, 1.54) is 0 Å². The van der Waals surface area contributed by atoms with Crippen molar-refractivity contribution in [2.24, 2.45) is 0 Å². The molecule has 10 heavy (non-hydrogen) atoms. The average molecular weight is 141 g/mol. The van der Waals surface area contributed by atoms with Crippen LogP contribution in [-0.2, 0) is 0 Å². The molecule has 1 heterocycles. The molecule has 1 rings (SSSR count). The average Bonchev–Trinajstić information content (AvgIpc) is 1.82. The lowest BCUT2D eigenvalue weighted by molar-refractivity contribution is 0.190. The second-order valence-electron chi connectivity index (χ2n) is 2.68. The molecule has 0 aromatic carbocycles. The topological polar surface area (TPSA) is 3.24 Å². The normalized spacial score (nSPS) is 26.0. The van der Waals surface area contributed by atoms with Crippen LogP contribution in [0.4, 0.5) is 4.39 Å². The van der Waals surface area contributed by atoms with Crippen molar-refractivity contribution in [3.63, 3.8) is 0 Å². The molecule has 1 aliphatic heterocycles. The molecule has 0 N–H and O–H groups in total. The first-order chi connectivity index (χ1) is 4.61. The van der Waals surface area contributed by atoms with Crippen LogP contribution in [0.2, 0.25) is 0 Å². The quantitative estimate of drug-likeness (QED) is 0.467. The van der Waals surface area contributed by atoms with Crippen LogP contribution in [-0.4, -0.2) is 18.2 Å². The number of nitrogens with zero attached hydrogens (tertiary/aromatic N) is 1. The van der Waals surface area contributed by atoms with Crippen LogP contribution >= 0.6 is 0 Å². The van der Waals surface area contributed by atoms with Crippen LogP contribution in [0.3, 0.4) is 0 Å². The minimum absolute atomic E-state index is 0.940. The van der Waals surface area contributed by atoms with E-state index in [2.05, 4.69) is 0 Å². The molecule has 1 atom stereocenters. The van der Waals surface area contributed by atoms with Crippen LogP contribution in [0.5, 0.6) is 0 Å². The van der Waals surface area contributed by atoms with E-state index in [0.717, 1.165) is 11.3 Å². The van der Waals surface area contributed by atoms with Crippen LogP contribution in [0, 0.1) is 0 Å². The zero-order valence-corrected chi connectivity index (χ0v) is 6.56. The van der Waals surface area contributed by atoms with Crippen molar-refractivity contribution in [3.8, 4) is 0 Å². The van der Waals surface area contributed by atoms with Gasteiger partial charge in [0.15, 0.2) is 6.30 Å². The van der Waals surface area contributed by atoms with Crippen LogP contribution < -0.4 is 0 Å². The van der Waals surface area contributed by atoms with Gasteiger partial charge in [-0.3, -0.25) is 0 Å². The molecule has 0 spiro atoms. The van der Waals surface area contributed by atoms with E-state index in [9.17, 15) is 4.39 Å². The van der Waals surface area contributed by atoms with Gasteiger partial charge in [0.1, 0.15) is 0 Å². The molecule has 0 saturated carbocycles. The molecule has 56 valence electrons. The van der Waals surface area contributed by atoms with Gasteiger partial charge < -0.3 is 4.90 Å². The van der Waals surface area contributed by atoms with E-state index < -0.39 is 6.30 Å². The summed E-state index contributed by atoms with van der Waals surface area (Å²) in [5, 5.41) is 0. The summed E-state index contributed by atoms with van der Waals surface area (Å²) in [7, 11) is 1.75. The van der Waals surface area contributed by atoms with Gasteiger partial charge in [-0.05, 0) is 31.6 Å². The Morgan fingerprint density at radius 2 is 2.10 bits per heavy atom. The summed E-state index contributed by atoms with van der Waals surface area (Å²) in [6, 6.07) is 0. The Kier molecular flexibility index (Phi) is 1.79. The molecule has 0 aromatic rings. The predicted octanol–water partition coefficient (Wildman–Crippen LogP) is 2.08. The molecule has 0 saturated heterocycles.